The average Bonchev–Trinajstić information content (AvgIpc) is 3.08. The van der Waals surface area contributed by atoms with Crippen LogP contribution in [0.4, 0.5) is 5.82 Å². The fourth-order valence-corrected chi connectivity index (χ4v) is 4.07. The van der Waals surface area contributed by atoms with E-state index in [0.29, 0.717) is 0 Å². The third-order valence-electron chi connectivity index (χ3n) is 4.49. The summed E-state index contributed by atoms with van der Waals surface area (Å²) in [5.74, 6) is 1.00. The number of hydrogen-bond donors (Lipinski definition) is 1. The van der Waals surface area contributed by atoms with Gasteiger partial charge in [0.2, 0.25) is 0 Å². The number of anilines is 1. The molecule has 23 heavy (non-hydrogen) atoms. The van der Waals surface area contributed by atoms with Crippen molar-refractivity contribution in [3.63, 3.8) is 0 Å². The normalized spacial score (nSPS) is 15.9. The van der Waals surface area contributed by atoms with E-state index in [2.05, 4.69) is 33.8 Å². The second kappa shape index (κ2) is 5.28. The molecule has 3 aromatic rings. The Bertz CT molecular complexity index is 882. The monoisotopic (exact) mass is 329 g/mol. The molecule has 0 radical (unpaired) electrons. The molecule has 1 atom stereocenters. The molecule has 1 aliphatic heterocycles. The first kappa shape index (κ1) is 14.6. The fraction of sp³-hybridized carbons (Fsp3) is 0.438. The van der Waals surface area contributed by atoms with Gasteiger partial charge in [0.05, 0.1) is 36.0 Å². The van der Waals surface area contributed by atoms with Gasteiger partial charge in [-0.25, -0.2) is 9.97 Å². The summed E-state index contributed by atoms with van der Waals surface area (Å²) >= 11 is 1.72. The second-order valence-corrected chi connectivity index (χ2v) is 7.25. The maximum absolute atomic E-state index is 9.73. The molecule has 3 aromatic heterocycles. The minimum atomic E-state index is -0.533. The minimum Gasteiger partial charge on any atom is -0.387 e. The zero-order valence-corrected chi connectivity index (χ0v) is 14.3. The number of aliphatic hydroxyl groups is 1. The Morgan fingerprint density at radius 1 is 1.26 bits per heavy atom. The smallest absolute Gasteiger partial charge is 0.141 e. The van der Waals surface area contributed by atoms with Crippen LogP contribution in [-0.2, 0) is 13.1 Å². The SMILES string of the molecule is Cc1sc2ncnc(N3CCn4nc([C@@H](C)O)cc4C3)c2c1C. The molecule has 0 fully saturated rings. The number of thiophene rings is 1. The van der Waals surface area contributed by atoms with E-state index in [1.807, 2.05) is 10.7 Å². The quantitative estimate of drug-likeness (QED) is 0.783. The van der Waals surface area contributed by atoms with E-state index in [4.69, 9.17) is 0 Å². The molecule has 0 aliphatic carbocycles. The van der Waals surface area contributed by atoms with Gasteiger partial charge in [0.1, 0.15) is 17.0 Å². The zero-order valence-electron chi connectivity index (χ0n) is 13.4. The molecule has 0 spiro atoms. The van der Waals surface area contributed by atoms with Gasteiger partial charge in [0, 0.05) is 11.4 Å². The highest BCUT2D eigenvalue weighted by Crippen LogP contribution is 2.35. The van der Waals surface area contributed by atoms with Crippen LogP contribution in [0.1, 0.15) is 34.9 Å². The summed E-state index contributed by atoms with van der Waals surface area (Å²) in [4.78, 5) is 13.6. The lowest BCUT2D eigenvalue weighted by Crippen LogP contribution is -2.34. The first-order chi connectivity index (χ1) is 11.0. The summed E-state index contributed by atoms with van der Waals surface area (Å²) in [5.41, 5.74) is 3.12. The van der Waals surface area contributed by atoms with Gasteiger partial charge in [-0.3, -0.25) is 4.68 Å². The van der Waals surface area contributed by atoms with Crippen LogP contribution in [-0.4, -0.2) is 31.4 Å². The molecule has 0 bridgehead atoms. The van der Waals surface area contributed by atoms with Crippen molar-refractivity contribution in [3.05, 3.63) is 34.2 Å². The van der Waals surface area contributed by atoms with Crippen LogP contribution in [0.2, 0.25) is 0 Å². The predicted octanol–water partition coefficient (Wildman–Crippen LogP) is 2.58. The van der Waals surface area contributed by atoms with E-state index in [1.54, 1.807) is 24.6 Å². The van der Waals surface area contributed by atoms with E-state index < -0.39 is 6.10 Å². The number of aromatic nitrogens is 4. The molecule has 0 saturated heterocycles. The van der Waals surface area contributed by atoms with Gasteiger partial charge >= 0.3 is 0 Å². The summed E-state index contributed by atoms with van der Waals surface area (Å²) in [6, 6.07) is 1.99. The fourth-order valence-electron chi connectivity index (χ4n) is 3.08. The van der Waals surface area contributed by atoms with E-state index >= 15 is 0 Å². The van der Waals surface area contributed by atoms with Crippen LogP contribution in [0.15, 0.2) is 12.4 Å². The van der Waals surface area contributed by atoms with Crippen molar-refractivity contribution in [2.45, 2.75) is 40.0 Å². The summed E-state index contributed by atoms with van der Waals surface area (Å²) in [6.07, 6.45) is 1.12. The summed E-state index contributed by atoms with van der Waals surface area (Å²) in [7, 11) is 0. The highest BCUT2D eigenvalue weighted by Gasteiger charge is 2.23. The van der Waals surface area contributed by atoms with E-state index in [9.17, 15) is 5.11 Å². The van der Waals surface area contributed by atoms with Crippen molar-refractivity contribution in [2.75, 3.05) is 11.4 Å². The highest BCUT2D eigenvalue weighted by molar-refractivity contribution is 7.18. The Hall–Kier alpha value is -1.99. The van der Waals surface area contributed by atoms with Crippen LogP contribution in [0.5, 0.6) is 0 Å². The lowest BCUT2D eigenvalue weighted by atomic mass is 10.2. The van der Waals surface area contributed by atoms with Gasteiger partial charge in [-0.1, -0.05) is 0 Å². The van der Waals surface area contributed by atoms with Crippen LogP contribution < -0.4 is 4.90 Å². The largest absolute Gasteiger partial charge is 0.387 e. The predicted molar refractivity (Wildman–Crippen MR) is 90.8 cm³/mol. The molecule has 1 aliphatic rings. The van der Waals surface area contributed by atoms with Crippen molar-refractivity contribution in [3.8, 4) is 0 Å². The maximum atomic E-state index is 9.73. The molecular formula is C16H19N5OS. The molecule has 120 valence electrons. The molecule has 0 unspecified atom stereocenters. The van der Waals surface area contributed by atoms with Crippen LogP contribution in [0.3, 0.4) is 0 Å². The molecule has 6 nitrogen and oxygen atoms in total. The van der Waals surface area contributed by atoms with Crippen LogP contribution >= 0.6 is 11.3 Å². The van der Waals surface area contributed by atoms with Crippen LogP contribution in [0, 0.1) is 13.8 Å². The third kappa shape index (κ3) is 2.31. The maximum Gasteiger partial charge on any atom is 0.141 e. The standard InChI is InChI=1S/C16H19N5OS/c1-9-11(3)23-16-14(9)15(17-8-18-16)20-4-5-21-12(7-20)6-13(19-21)10(2)22/h6,8,10,22H,4-5,7H2,1-3H3/t10-/m1/s1. The topological polar surface area (TPSA) is 67.1 Å². The lowest BCUT2D eigenvalue weighted by molar-refractivity contribution is 0.193. The Balaban J connectivity index is 1.75. The Morgan fingerprint density at radius 3 is 2.87 bits per heavy atom. The molecule has 0 aromatic carbocycles. The van der Waals surface area contributed by atoms with Gasteiger partial charge in [0.15, 0.2) is 0 Å². The van der Waals surface area contributed by atoms with Crippen molar-refractivity contribution in [1.29, 1.82) is 0 Å². The molecule has 1 N–H and O–H groups in total. The Morgan fingerprint density at radius 2 is 2.09 bits per heavy atom. The molecule has 0 amide bonds. The van der Waals surface area contributed by atoms with E-state index in [0.717, 1.165) is 41.7 Å². The molecule has 4 rings (SSSR count). The number of hydrogen-bond acceptors (Lipinski definition) is 6. The lowest BCUT2D eigenvalue weighted by Gasteiger charge is -2.29. The van der Waals surface area contributed by atoms with Crippen molar-refractivity contribution >= 4 is 27.4 Å². The van der Waals surface area contributed by atoms with Crippen LogP contribution in [0.25, 0.3) is 10.2 Å². The van der Waals surface area contributed by atoms with Gasteiger partial charge in [-0.15, -0.1) is 11.3 Å². The number of aliphatic hydroxyl groups excluding tert-OH is 1. The minimum absolute atomic E-state index is 0.533. The molecule has 4 heterocycles. The summed E-state index contributed by atoms with van der Waals surface area (Å²) < 4.78 is 1.99. The summed E-state index contributed by atoms with van der Waals surface area (Å²) in [5, 5.41) is 15.4. The average molecular weight is 329 g/mol. The molecular weight excluding hydrogens is 310 g/mol. The summed E-state index contributed by atoms with van der Waals surface area (Å²) in [6.45, 7) is 8.42. The highest BCUT2D eigenvalue weighted by atomic mass is 32.1. The van der Waals surface area contributed by atoms with Crippen molar-refractivity contribution < 1.29 is 5.11 Å². The molecule has 7 heteroatoms. The number of nitrogens with zero attached hydrogens (tertiary/aromatic N) is 5. The van der Waals surface area contributed by atoms with Crippen molar-refractivity contribution in [1.82, 2.24) is 19.7 Å². The number of fused-ring (bicyclic) bond motifs is 2. The van der Waals surface area contributed by atoms with Gasteiger partial charge < -0.3 is 10.0 Å². The van der Waals surface area contributed by atoms with Gasteiger partial charge in [0.25, 0.3) is 0 Å². The van der Waals surface area contributed by atoms with E-state index in [1.165, 1.54) is 15.8 Å². The van der Waals surface area contributed by atoms with Gasteiger partial charge in [-0.2, -0.15) is 5.10 Å². The first-order valence-corrected chi connectivity index (χ1v) is 8.56. The zero-order chi connectivity index (χ0) is 16.1. The third-order valence-corrected chi connectivity index (χ3v) is 5.60. The second-order valence-electron chi connectivity index (χ2n) is 6.04. The molecule has 0 saturated carbocycles. The first-order valence-electron chi connectivity index (χ1n) is 7.75. The Kier molecular flexibility index (Phi) is 3.35. The van der Waals surface area contributed by atoms with Gasteiger partial charge in [-0.05, 0) is 32.4 Å². The van der Waals surface area contributed by atoms with Crippen molar-refractivity contribution in [2.24, 2.45) is 0 Å². The number of aryl methyl sites for hydroxylation is 2. The van der Waals surface area contributed by atoms with E-state index in [-0.39, 0.29) is 0 Å². The number of rotatable bonds is 2. The Labute approximate surface area is 138 Å².